The molecule has 0 aliphatic carbocycles. The van der Waals surface area contributed by atoms with Gasteiger partial charge in [-0.15, -0.1) is 0 Å². The lowest BCUT2D eigenvalue weighted by atomic mass is 10.1. The van der Waals surface area contributed by atoms with E-state index in [1.54, 1.807) is 0 Å². The first-order chi connectivity index (χ1) is 11.7. The number of hydrogen-bond acceptors (Lipinski definition) is 5. The van der Waals surface area contributed by atoms with E-state index in [0.717, 1.165) is 48.4 Å². The summed E-state index contributed by atoms with van der Waals surface area (Å²) in [4.78, 5) is 10.4. The van der Waals surface area contributed by atoms with Crippen LogP contribution >= 0.6 is 0 Å². The molecule has 2 aliphatic rings. The second-order valence-corrected chi connectivity index (χ2v) is 6.79. The zero-order valence-electron chi connectivity index (χ0n) is 13.7. The third-order valence-corrected chi connectivity index (χ3v) is 5.11. The molecule has 1 aromatic heterocycles. The van der Waals surface area contributed by atoms with E-state index in [9.17, 15) is 0 Å². The van der Waals surface area contributed by atoms with Crippen molar-refractivity contribution in [1.29, 1.82) is 0 Å². The summed E-state index contributed by atoms with van der Waals surface area (Å²) in [5, 5.41) is 0. The van der Waals surface area contributed by atoms with Gasteiger partial charge in [-0.1, -0.05) is 6.07 Å². The fourth-order valence-electron chi connectivity index (χ4n) is 3.30. The van der Waals surface area contributed by atoms with Crippen LogP contribution in [0.4, 0.5) is 5.82 Å². The predicted molar refractivity (Wildman–Crippen MR) is 97.4 cm³/mol. The van der Waals surface area contributed by atoms with Crippen LogP contribution in [0.15, 0.2) is 41.4 Å². The van der Waals surface area contributed by atoms with Gasteiger partial charge in [0.15, 0.2) is 16.4 Å². The summed E-state index contributed by atoms with van der Waals surface area (Å²) in [7, 11) is 0. The highest BCUT2D eigenvalue weighted by atomic mass is 32.1. The molecule has 5 nitrogen and oxygen atoms in total. The van der Waals surface area contributed by atoms with Crippen LogP contribution in [0.2, 0.25) is 0 Å². The molecule has 1 aromatic carbocycles. The summed E-state index contributed by atoms with van der Waals surface area (Å²) in [5.41, 5.74) is 1.27. The van der Waals surface area contributed by atoms with E-state index >= 15 is 0 Å². The summed E-state index contributed by atoms with van der Waals surface area (Å²) < 4.78 is 10.9. The van der Waals surface area contributed by atoms with Crippen molar-refractivity contribution in [2.24, 2.45) is 0 Å². The number of pyridine rings is 1. The highest BCUT2D eigenvalue weighted by Crippen LogP contribution is 2.35. The number of anilines is 1. The van der Waals surface area contributed by atoms with E-state index in [0.29, 0.717) is 12.8 Å². The monoisotopic (exact) mass is 344 g/mol. The van der Waals surface area contributed by atoms with Gasteiger partial charge in [0.2, 0.25) is 6.79 Å². The number of rotatable bonds is 3. The van der Waals surface area contributed by atoms with Crippen molar-refractivity contribution in [2.45, 2.75) is 17.9 Å². The van der Waals surface area contributed by atoms with Gasteiger partial charge in [0, 0.05) is 32.2 Å². The van der Waals surface area contributed by atoms with Gasteiger partial charge >= 0.3 is 0 Å². The molecule has 1 fully saturated rings. The molecule has 0 radical (unpaired) electrons. The highest BCUT2D eigenvalue weighted by Gasteiger charge is 2.24. The third kappa shape index (κ3) is 3.03. The van der Waals surface area contributed by atoms with Crippen LogP contribution in [0, 0.1) is 0 Å². The van der Waals surface area contributed by atoms with Gasteiger partial charge in [-0.05, 0) is 49.4 Å². The van der Waals surface area contributed by atoms with Gasteiger partial charge in [-0.25, -0.2) is 4.98 Å². The van der Waals surface area contributed by atoms with Gasteiger partial charge in [-0.2, -0.15) is 0 Å². The van der Waals surface area contributed by atoms with Gasteiger partial charge in [0.25, 0.3) is 0 Å². The molecule has 24 heavy (non-hydrogen) atoms. The summed E-state index contributed by atoms with van der Waals surface area (Å²) in [6.45, 7) is 6.60. The molecule has 0 saturated carbocycles. The Kier molecular flexibility index (Phi) is 4.24. The fraction of sp³-hybridized carbons (Fsp3) is 0.389. The Morgan fingerprint density at radius 2 is 1.83 bits per heavy atom. The zero-order chi connectivity index (χ0) is 16.5. The Labute approximate surface area is 147 Å². The van der Waals surface area contributed by atoms with E-state index in [1.807, 2.05) is 18.3 Å². The normalized spacial score (nSPS) is 18.7. The Morgan fingerprint density at radius 3 is 2.58 bits per heavy atom. The molecule has 6 heteroatoms. The van der Waals surface area contributed by atoms with Gasteiger partial charge in [-0.3, -0.25) is 4.90 Å². The molecule has 0 unspecified atom stereocenters. The van der Waals surface area contributed by atoms with Crippen molar-refractivity contribution in [3.8, 4) is 11.5 Å². The van der Waals surface area contributed by atoms with Crippen molar-refractivity contribution >= 4 is 18.4 Å². The number of ether oxygens (including phenoxy) is 2. The van der Waals surface area contributed by atoms with Crippen LogP contribution in [0.1, 0.15) is 18.5 Å². The maximum Gasteiger partial charge on any atom is 0.231 e. The Bertz CT molecular complexity index is 715. The van der Waals surface area contributed by atoms with Crippen LogP contribution in [-0.4, -0.2) is 42.9 Å². The van der Waals surface area contributed by atoms with Crippen LogP contribution in [0.3, 0.4) is 0 Å². The van der Waals surface area contributed by atoms with Crippen molar-refractivity contribution in [2.75, 3.05) is 37.9 Å². The Morgan fingerprint density at radius 1 is 1.04 bits per heavy atom. The molecule has 0 spiro atoms. The molecule has 0 bridgehead atoms. The maximum absolute atomic E-state index is 5.50. The molecule has 4 rings (SSSR count). The molecule has 0 amide bonds. The SMILES string of the molecule is C[C@@H](c1ccc2c(c1)OCO2)N1CCN(c2ccc([SH2+])cn2)CC1. The minimum atomic E-state index is 0.325. The minimum absolute atomic E-state index is 0.325. The number of nitrogens with zero attached hydrogens (tertiary/aromatic N) is 3. The maximum atomic E-state index is 5.50. The molecule has 1 saturated heterocycles. The fourth-order valence-corrected chi connectivity index (χ4v) is 3.44. The Balaban J connectivity index is 1.41. The number of fused-ring (bicyclic) bond motifs is 1. The average Bonchev–Trinajstić information content (AvgIpc) is 3.09. The van der Waals surface area contributed by atoms with Crippen LogP contribution < -0.4 is 14.4 Å². The third-order valence-electron chi connectivity index (χ3n) is 4.81. The number of piperazine rings is 1. The first-order valence-corrected chi connectivity index (χ1v) is 8.77. The van der Waals surface area contributed by atoms with Gasteiger partial charge in [0.1, 0.15) is 5.82 Å². The number of benzene rings is 1. The summed E-state index contributed by atoms with van der Waals surface area (Å²) in [6, 6.07) is 10.7. The second-order valence-electron chi connectivity index (χ2n) is 6.22. The van der Waals surface area contributed by atoms with E-state index in [1.165, 1.54) is 5.56 Å². The van der Waals surface area contributed by atoms with Crippen LogP contribution in [0.25, 0.3) is 0 Å². The van der Waals surface area contributed by atoms with E-state index in [4.69, 9.17) is 9.47 Å². The molecule has 1 atom stereocenters. The van der Waals surface area contributed by atoms with Crippen molar-refractivity contribution in [3.05, 3.63) is 42.1 Å². The molecule has 0 N–H and O–H groups in total. The van der Waals surface area contributed by atoms with Crippen molar-refractivity contribution in [3.63, 3.8) is 0 Å². The summed E-state index contributed by atoms with van der Waals surface area (Å²) >= 11 is 3.49. The van der Waals surface area contributed by atoms with Gasteiger partial charge < -0.3 is 14.4 Å². The predicted octanol–water partition coefficient (Wildman–Crippen LogP) is 2.06. The second kappa shape index (κ2) is 6.53. The number of hydrogen-bond donors (Lipinski definition) is 0. The first kappa shape index (κ1) is 15.6. The van der Waals surface area contributed by atoms with E-state index in [-0.39, 0.29) is 0 Å². The summed E-state index contributed by atoms with van der Waals surface area (Å²) in [6.07, 6.45) is 1.85. The number of aromatic nitrogens is 1. The molecule has 2 aromatic rings. The smallest absolute Gasteiger partial charge is 0.231 e. The Hall–Kier alpha value is -1.92. The lowest BCUT2D eigenvalue weighted by Gasteiger charge is -2.38. The molecule has 126 valence electrons. The highest BCUT2D eigenvalue weighted by molar-refractivity contribution is 7.58. The van der Waals surface area contributed by atoms with Gasteiger partial charge in [0.05, 0.1) is 6.20 Å². The average molecular weight is 344 g/mol. The molecular formula is C18H22N3O2S+. The summed E-state index contributed by atoms with van der Waals surface area (Å²) in [5.74, 6) is 2.75. The van der Waals surface area contributed by atoms with E-state index in [2.05, 4.69) is 52.5 Å². The lowest BCUT2D eigenvalue weighted by Crippen LogP contribution is -2.47. The molecule has 2 aliphatic heterocycles. The lowest BCUT2D eigenvalue weighted by molar-refractivity contribution is 0.173. The minimum Gasteiger partial charge on any atom is -0.454 e. The molecular weight excluding hydrogens is 322 g/mol. The standard InChI is InChI=1S/C18H21N3O2S/c1-13(14-2-4-16-17(10-14)23-12-22-16)20-6-8-21(9-7-20)18-5-3-15(24)11-19-18/h2-5,10-11,13,24H,6-9,12H2,1H3/p+1/t13-/m0/s1. The molecule has 3 heterocycles. The van der Waals surface area contributed by atoms with Crippen molar-refractivity contribution < 1.29 is 9.47 Å². The largest absolute Gasteiger partial charge is 0.454 e. The first-order valence-electron chi connectivity index (χ1n) is 8.27. The van der Waals surface area contributed by atoms with E-state index < -0.39 is 0 Å². The topological polar surface area (TPSA) is 37.8 Å². The quantitative estimate of drug-likeness (QED) is 0.797. The van der Waals surface area contributed by atoms with Crippen LogP contribution in [-0.2, 0) is 12.6 Å². The van der Waals surface area contributed by atoms with Crippen LogP contribution in [0.5, 0.6) is 11.5 Å². The zero-order valence-corrected chi connectivity index (χ0v) is 14.7. The van der Waals surface area contributed by atoms with Crippen molar-refractivity contribution in [1.82, 2.24) is 9.88 Å².